The number of aryl methyl sites for hydroxylation is 2. The van der Waals surface area contributed by atoms with Gasteiger partial charge in [0.25, 0.3) is 0 Å². The monoisotopic (exact) mass is 229 g/mol. The highest BCUT2D eigenvalue weighted by atomic mass is 16.1. The van der Waals surface area contributed by atoms with Gasteiger partial charge in [-0.2, -0.15) is 0 Å². The Morgan fingerprint density at radius 3 is 2.76 bits per heavy atom. The predicted molar refractivity (Wildman–Crippen MR) is 71.1 cm³/mol. The summed E-state index contributed by atoms with van der Waals surface area (Å²) < 4.78 is 2.16. The van der Waals surface area contributed by atoms with Crippen molar-refractivity contribution >= 4 is 16.7 Å². The molecule has 90 valence electrons. The van der Waals surface area contributed by atoms with Crippen molar-refractivity contribution in [2.45, 2.75) is 26.7 Å². The average Bonchev–Trinajstić information content (AvgIpc) is 2.64. The van der Waals surface area contributed by atoms with Crippen molar-refractivity contribution in [3.8, 4) is 0 Å². The number of hydrogen-bond donors (Lipinski definition) is 0. The quantitative estimate of drug-likeness (QED) is 0.788. The van der Waals surface area contributed by atoms with E-state index >= 15 is 0 Å². The molecule has 17 heavy (non-hydrogen) atoms. The normalized spacial score (nSPS) is 12.9. The lowest BCUT2D eigenvalue weighted by Crippen LogP contribution is -2.07. The van der Waals surface area contributed by atoms with Crippen molar-refractivity contribution in [3.63, 3.8) is 0 Å². The lowest BCUT2D eigenvalue weighted by molar-refractivity contribution is -0.120. The standard InChI is InChI=1S/C15H19NO/c1-11(12(2)17)8-9-13-10-16(3)15-7-5-4-6-14(13)15/h4-7,10-11H,8-9H2,1-3H3/t11-/m1/s1. The van der Waals surface area contributed by atoms with E-state index < -0.39 is 0 Å². The first-order chi connectivity index (χ1) is 8.09. The molecule has 2 nitrogen and oxygen atoms in total. The van der Waals surface area contributed by atoms with Gasteiger partial charge in [-0.25, -0.2) is 0 Å². The number of carbonyl (C=O) groups is 1. The summed E-state index contributed by atoms with van der Waals surface area (Å²) in [5.74, 6) is 0.444. The second-order valence-electron chi connectivity index (χ2n) is 4.83. The van der Waals surface area contributed by atoms with Crippen molar-refractivity contribution < 1.29 is 4.79 Å². The molecule has 0 aliphatic heterocycles. The maximum Gasteiger partial charge on any atom is 0.132 e. The third kappa shape index (κ3) is 2.41. The second-order valence-corrected chi connectivity index (χ2v) is 4.83. The van der Waals surface area contributed by atoms with Crippen LogP contribution in [-0.2, 0) is 18.3 Å². The maximum absolute atomic E-state index is 11.2. The first-order valence-corrected chi connectivity index (χ1v) is 6.13. The molecule has 2 aromatic rings. The van der Waals surface area contributed by atoms with Crippen LogP contribution in [-0.4, -0.2) is 10.4 Å². The molecule has 0 saturated heterocycles. The zero-order valence-corrected chi connectivity index (χ0v) is 10.7. The summed E-state index contributed by atoms with van der Waals surface area (Å²) in [7, 11) is 2.07. The van der Waals surface area contributed by atoms with Gasteiger partial charge >= 0.3 is 0 Å². The smallest absolute Gasteiger partial charge is 0.132 e. The van der Waals surface area contributed by atoms with E-state index in [2.05, 4.69) is 42.1 Å². The minimum atomic E-state index is 0.161. The summed E-state index contributed by atoms with van der Waals surface area (Å²) in [5, 5.41) is 1.31. The van der Waals surface area contributed by atoms with E-state index in [1.54, 1.807) is 6.92 Å². The molecule has 2 heteroatoms. The van der Waals surface area contributed by atoms with E-state index in [1.807, 2.05) is 6.92 Å². The van der Waals surface area contributed by atoms with Crippen LogP contribution < -0.4 is 0 Å². The number of hydrogen-bond acceptors (Lipinski definition) is 1. The van der Waals surface area contributed by atoms with Crippen LogP contribution in [0.4, 0.5) is 0 Å². The number of fused-ring (bicyclic) bond motifs is 1. The molecule has 0 unspecified atom stereocenters. The van der Waals surface area contributed by atoms with E-state index in [1.165, 1.54) is 16.5 Å². The number of carbonyl (C=O) groups excluding carboxylic acids is 1. The fourth-order valence-electron chi connectivity index (χ4n) is 2.20. The van der Waals surface area contributed by atoms with Gasteiger partial charge in [-0.15, -0.1) is 0 Å². The highest BCUT2D eigenvalue weighted by Gasteiger charge is 2.10. The van der Waals surface area contributed by atoms with Crippen molar-refractivity contribution in [1.82, 2.24) is 4.57 Å². The number of Topliss-reactive ketones (excluding diaryl/α,β-unsaturated/α-hetero) is 1. The number of para-hydroxylation sites is 1. The maximum atomic E-state index is 11.2. The third-order valence-corrected chi connectivity index (χ3v) is 3.52. The minimum Gasteiger partial charge on any atom is -0.350 e. The minimum absolute atomic E-state index is 0.161. The van der Waals surface area contributed by atoms with Gasteiger partial charge in [0.15, 0.2) is 0 Å². The number of rotatable bonds is 4. The molecule has 0 N–H and O–H groups in total. The Kier molecular flexibility index (Phi) is 3.32. The fourth-order valence-corrected chi connectivity index (χ4v) is 2.20. The molecule has 0 aliphatic carbocycles. The first kappa shape index (κ1) is 11.9. The molecule has 0 fully saturated rings. The van der Waals surface area contributed by atoms with Gasteiger partial charge in [0.05, 0.1) is 0 Å². The van der Waals surface area contributed by atoms with Crippen LogP contribution in [0.1, 0.15) is 25.8 Å². The van der Waals surface area contributed by atoms with E-state index in [0.717, 1.165) is 12.8 Å². The first-order valence-electron chi connectivity index (χ1n) is 6.13. The zero-order valence-electron chi connectivity index (χ0n) is 10.7. The molecule has 1 aromatic heterocycles. The van der Waals surface area contributed by atoms with Gasteiger partial charge in [-0.3, -0.25) is 4.79 Å². The van der Waals surface area contributed by atoms with Crippen molar-refractivity contribution in [2.75, 3.05) is 0 Å². The average molecular weight is 229 g/mol. The molecular formula is C15H19NO. The lowest BCUT2D eigenvalue weighted by Gasteiger charge is -2.06. The van der Waals surface area contributed by atoms with E-state index in [4.69, 9.17) is 0 Å². The Morgan fingerprint density at radius 2 is 2.06 bits per heavy atom. The highest BCUT2D eigenvalue weighted by molar-refractivity contribution is 5.84. The van der Waals surface area contributed by atoms with Crippen molar-refractivity contribution in [1.29, 1.82) is 0 Å². The van der Waals surface area contributed by atoms with Crippen molar-refractivity contribution in [2.24, 2.45) is 13.0 Å². The van der Waals surface area contributed by atoms with E-state index in [-0.39, 0.29) is 11.7 Å². The molecule has 0 bridgehead atoms. The van der Waals surface area contributed by atoms with Crippen LogP contribution in [0, 0.1) is 5.92 Å². The Morgan fingerprint density at radius 1 is 1.35 bits per heavy atom. The Labute approximate surface area is 102 Å². The Hall–Kier alpha value is -1.57. The van der Waals surface area contributed by atoms with Gasteiger partial charge in [0.2, 0.25) is 0 Å². The number of ketones is 1. The van der Waals surface area contributed by atoms with Crippen LogP contribution >= 0.6 is 0 Å². The molecule has 1 atom stereocenters. The Balaban J connectivity index is 2.22. The molecule has 0 radical (unpaired) electrons. The summed E-state index contributed by atoms with van der Waals surface area (Å²) in [6.45, 7) is 3.68. The molecule has 0 saturated carbocycles. The fraction of sp³-hybridized carbons (Fsp3) is 0.400. The van der Waals surface area contributed by atoms with Crippen LogP contribution in [0.3, 0.4) is 0 Å². The van der Waals surface area contributed by atoms with Crippen LogP contribution in [0.5, 0.6) is 0 Å². The van der Waals surface area contributed by atoms with E-state index in [9.17, 15) is 4.79 Å². The van der Waals surface area contributed by atoms with Crippen molar-refractivity contribution in [3.05, 3.63) is 36.0 Å². The van der Waals surface area contributed by atoms with Crippen LogP contribution in [0.2, 0.25) is 0 Å². The van der Waals surface area contributed by atoms with E-state index in [0.29, 0.717) is 0 Å². The van der Waals surface area contributed by atoms with Gasteiger partial charge in [0.1, 0.15) is 5.78 Å². The summed E-state index contributed by atoms with van der Waals surface area (Å²) in [6, 6.07) is 8.42. The Bertz CT molecular complexity index is 539. The summed E-state index contributed by atoms with van der Waals surface area (Å²) in [5.41, 5.74) is 2.61. The highest BCUT2D eigenvalue weighted by Crippen LogP contribution is 2.22. The van der Waals surface area contributed by atoms with Gasteiger partial charge < -0.3 is 4.57 Å². The topological polar surface area (TPSA) is 22.0 Å². The van der Waals surface area contributed by atoms with Gasteiger partial charge in [-0.1, -0.05) is 25.1 Å². The van der Waals surface area contributed by atoms with Gasteiger partial charge in [0, 0.05) is 30.1 Å². The SMILES string of the molecule is CC(=O)[C@H](C)CCc1cn(C)c2ccccc12. The van der Waals surface area contributed by atoms with Crippen LogP contribution in [0.15, 0.2) is 30.5 Å². The number of nitrogens with zero attached hydrogens (tertiary/aromatic N) is 1. The summed E-state index contributed by atoms with van der Waals surface area (Å²) in [4.78, 5) is 11.2. The molecular weight excluding hydrogens is 210 g/mol. The molecule has 1 aromatic carbocycles. The molecule has 0 amide bonds. The van der Waals surface area contributed by atoms with Crippen LogP contribution in [0.25, 0.3) is 10.9 Å². The lowest BCUT2D eigenvalue weighted by atomic mass is 9.98. The predicted octanol–water partition coefficient (Wildman–Crippen LogP) is 3.34. The summed E-state index contributed by atoms with van der Waals surface area (Å²) in [6.07, 6.45) is 4.09. The zero-order chi connectivity index (χ0) is 12.4. The molecule has 0 spiro atoms. The largest absolute Gasteiger partial charge is 0.350 e. The summed E-state index contributed by atoms with van der Waals surface area (Å²) >= 11 is 0. The molecule has 0 aliphatic rings. The second kappa shape index (κ2) is 4.74. The third-order valence-electron chi connectivity index (χ3n) is 3.52. The number of aromatic nitrogens is 1. The molecule has 1 heterocycles. The number of benzene rings is 1. The molecule has 2 rings (SSSR count). The van der Waals surface area contributed by atoms with Gasteiger partial charge in [-0.05, 0) is 31.4 Å².